The Labute approximate surface area is 103 Å². The number of nitrogens with zero attached hydrogens (tertiary/aromatic N) is 2. The van der Waals surface area contributed by atoms with Gasteiger partial charge in [0.15, 0.2) is 0 Å². The Hall–Kier alpha value is -1.57. The monoisotopic (exact) mass is 228 g/mol. The van der Waals surface area contributed by atoms with Crippen LogP contribution in [0.2, 0.25) is 0 Å². The average Bonchev–Trinajstić information content (AvgIpc) is 2.52. The lowest BCUT2D eigenvalue weighted by Crippen LogP contribution is -2.00. The highest BCUT2D eigenvalue weighted by atomic mass is 15.3. The number of hydrogen-bond acceptors (Lipinski definition) is 1. The highest BCUT2D eigenvalue weighted by Crippen LogP contribution is 2.20. The molecule has 1 aromatic heterocycles. The molecule has 2 nitrogen and oxygen atoms in total. The van der Waals surface area contributed by atoms with Crippen molar-refractivity contribution < 1.29 is 0 Å². The second kappa shape index (κ2) is 4.36. The smallest absolute Gasteiger partial charge is 0.0654 e. The maximum Gasteiger partial charge on any atom is 0.0654 e. The highest BCUT2D eigenvalue weighted by Gasteiger charge is 2.11. The quantitative estimate of drug-likeness (QED) is 0.767. The second-order valence-corrected chi connectivity index (χ2v) is 4.76. The number of hydrogen-bond donors (Lipinski definition) is 0. The molecule has 17 heavy (non-hydrogen) atoms. The van der Waals surface area contributed by atoms with E-state index in [1.54, 1.807) is 0 Å². The standard InChI is InChI=1S/C15H20N2/c1-6-15-12(4)16-17(13(15)5)14-8-10(2)7-11(3)9-14/h7-9H,6H2,1-5H3. The predicted molar refractivity (Wildman–Crippen MR) is 71.9 cm³/mol. The maximum absolute atomic E-state index is 4.65. The second-order valence-electron chi connectivity index (χ2n) is 4.76. The fraction of sp³-hybridized carbons (Fsp3) is 0.400. The third kappa shape index (κ3) is 2.12. The van der Waals surface area contributed by atoms with Gasteiger partial charge in [-0.3, -0.25) is 0 Å². The molecule has 0 fully saturated rings. The van der Waals surface area contributed by atoms with E-state index in [9.17, 15) is 0 Å². The molecule has 90 valence electrons. The third-order valence-corrected chi connectivity index (χ3v) is 3.25. The summed E-state index contributed by atoms with van der Waals surface area (Å²) in [6.07, 6.45) is 1.04. The van der Waals surface area contributed by atoms with E-state index < -0.39 is 0 Å². The van der Waals surface area contributed by atoms with Gasteiger partial charge in [0.05, 0.1) is 11.4 Å². The first-order valence-electron chi connectivity index (χ1n) is 6.16. The van der Waals surface area contributed by atoms with Crippen molar-refractivity contribution in [3.63, 3.8) is 0 Å². The molecule has 2 heteroatoms. The van der Waals surface area contributed by atoms with Crippen LogP contribution in [0, 0.1) is 27.7 Å². The van der Waals surface area contributed by atoms with Crippen molar-refractivity contribution in [2.45, 2.75) is 41.0 Å². The Morgan fingerprint density at radius 1 is 1.00 bits per heavy atom. The van der Waals surface area contributed by atoms with Gasteiger partial charge in [-0.25, -0.2) is 4.68 Å². The summed E-state index contributed by atoms with van der Waals surface area (Å²) in [5.74, 6) is 0. The first-order valence-corrected chi connectivity index (χ1v) is 6.16. The van der Waals surface area contributed by atoms with E-state index in [0.29, 0.717) is 0 Å². The molecular weight excluding hydrogens is 208 g/mol. The molecule has 0 saturated carbocycles. The maximum atomic E-state index is 4.65. The summed E-state index contributed by atoms with van der Waals surface area (Å²) in [6.45, 7) is 10.7. The van der Waals surface area contributed by atoms with Crippen molar-refractivity contribution in [3.05, 3.63) is 46.3 Å². The predicted octanol–water partition coefficient (Wildman–Crippen LogP) is 3.67. The largest absolute Gasteiger partial charge is 0.238 e. The number of aryl methyl sites for hydroxylation is 3. The van der Waals surface area contributed by atoms with Crippen LogP contribution in [-0.4, -0.2) is 9.78 Å². The van der Waals surface area contributed by atoms with Gasteiger partial charge >= 0.3 is 0 Å². The van der Waals surface area contributed by atoms with E-state index in [0.717, 1.165) is 12.1 Å². The van der Waals surface area contributed by atoms with Gasteiger partial charge in [0.25, 0.3) is 0 Å². The summed E-state index contributed by atoms with van der Waals surface area (Å²) >= 11 is 0. The molecule has 0 bridgehead atoms. The number of rotatable bonds is 2. The Morgan fingerprint density at radius 3 is 2.06 bits per heavy atom. The molecule has 0 saturated heterocycles. The lowest BCUT2D eigenvalue weighted by molar-refractivity contribution is 0.830. The van der Waals surface area contributed by atoms with E-state index in [4.69, 9.17) is 0 Å². The van der Waals surface area contributed by atoms with Crippen LogP contribution in [0.15, 0.2) is 18.2 Å². The molecular formula is C15H20N2. The summed E-state index contributed by atoms with van der Waals surface area (Å²) < 4.78 is 2.06. The molecule has 0 aliphatic rings. The van der Waals surface area contributed by atoms with Gasteiger partial charge in [-0.05, 0) is 62.9 Å². The zero-order valence-corrected chi connectivity index (χ0v) is 11.3. The van der Waals surface area contributed by atoms with Gasteiger partial charge in [-0.2, -0.15) is 5.10 Å². The minimum absolute atomic E-state index is 1.04. The zero-order chi connectivity index (χ0) is 12.6. The van der Waals surface area contributed by atoms with Crippen molar-refractivity contribution in [1.82, 2.24) is 9.78 Å². The normalized spacial score (nSPS) is 10.9. The van der Waals surface area contributed by atoms with Crippen LogP contribution in [0.5, 0.6) is 0 Å². The number of aromatic nitrogens is 2. The van der Waals surface area contributed by atoms with Gasteiger partial charge in [0.1, 0.15) is 0 Å². The van der Waals surface area contributed by atoms with Crippen LogP contribution in [0.3, 0.4) is 0 Å². The highest BCUT2D eigenvalue weighted by molar-refractivity contribution is 5.42. The Kier molecular flexibility index (Phi) is 3.05. The molecule has 0 amide bonds. The fourth-order valence-corrected chi connectivity index (χ4v) is 2.51. The molecule has 1 aromatic carbocycles. The van der Waals surface area contributed by atoms with E-state index in [2.05, 4.69) is 62.6 Å². The molecule has 1 heterocycles. The topological polar surface area (TPSA) is 17.8 Å². The van der Waals surface area contributed by atoms with E-state index in [1.165, 1.54) is 28.1 Å². The van der Waals surface area contributed by atoms with Crippen LogP contribution in [0.1, 0.15) is 35.0 Å². The lowest BCUT2D eigenvalue weighted by Gasteiger charge is -2.07. The minimum atomic E-state index is 1.04. The molecule has 2 aromatic rings. The fourth-order valence-electron chi connectivity index (χ4n) is 2.51. The zero-order valence-electron chi connectivity index (χ0n) is 11.3. The first-order chi connectivity index (χ1) is 8.02. The third-order valence-electron chi connectivity index (χ3n) is 3.25. The van der Waals surface area contributed by atoms with Crippen LogP contribution < -0.4 is 0 Å². The van der Waals surface area contributed by atoms with Gasteiger partial charge in [-0.15, -0.1) is 0 Å². The lowest BCUT2D eigenvalue weighted by atomic mass is 10.1. The van der Waals surface area contributed by atoms with E-state index in [-0.39, 0.29) is 0 Å². The molecule has 0 atom stereocenters. The molecule has 0 aliphatic carbocycles. The van der Waals surface area contributed by atoms with Crippen molar-refractivity contribution in [2.75, 3.05) is 0 Å². The Balaban J connectivity index is 2.60. The molecule has 2 rings (SSSR count). The number of benzene rings is 1. The van der Waals surface area contributed by atoms with Crippen molar-refractivity contribution >= 4 is 0 Å². The summed E-state index contributed by atoms with van der Waals surface area (Å²) in [6, 6.07) is 6.56. The van der Waals surface area contributed by atoms with E-state index >= 15 is 0 Å². The summed E-state index contributed by atoms with van der Waals surface area (Å²) in [5.41, 5.74) is 7.50. The van der Waals surface area contributed by atoms with Crippen LogP contribution >= 0.6 is 0 Å². The summed E-state index contributed by atoms with van der Waals surface area (Å²) in [4.78, 5) is 0. The average molecular weight is 228 g/mol. The van der Waals surface area contributed by atoms with Gasteiger partial charge in [0.2, 0.25) is 0 Å². The Bertz CT molecular complexity index is 530. The molecule has 0 radical (unpaired) electrons. The minimum Gasteiger partial charge on any atom is -0.238 e. The van der Waals surface area contributed by atoms with Crippen molar-refractivity contribution in [3.8, 4) is 5.69 Å². The SMILES string of the molecule is CCc1c(C)nn(-c2cc(C)cc(C)c2)c1C. The Morgan fingerprint density at radius 2 is 1.59 bits per heavy atom. The van der Waals surface area contributed by atoms with Gasteiger partial charge < -0.3 is 0 Å². The van der Waals surface area contributed by atoms with Crippen molar-refractivity contribution in [1.29, 1.82) is 0 Å². The van der Waals surface area contributed by atoms with Crippen LogP contribution in [0.4, 0.5) is 0 Å². The van der Waals surface area contributed by atoms with E-state index in [1.807, 2.05) is 0 Å². The van der Waals surface area contributed by atoms with Crippen LogP contribution in [-0.2, 0) is 6.42 Å². The molecule has 0 spiro atoms. The summed E-state index contributed by atoms with van der Waals surface area (Å²) in [7, 11) is 0. The molecule has 0 aliphatic heterocycles. The first kappa shape index (κ1) is 11.9. The van der Waals surface area contributed by atoms with Gasteiger partial charge in [0, 0.05) is 5.69 Å². The molecule has 0 unspecified atom stereocenters. The summed E-state index contributed by atoms with van der Waals surface area (Å²) in [5, 5.41) is 4.65. The molecule has 0 N–H and O–H groups in total. The van der Waals surface area contributed by atoms with Crippen LogP contribution in [0.25, 0.3) is 5.69 Å². The van der Waals surface area contributed by atoms with Crippen molar-refractivity contribution in [2.24, 2.45) is 0 Å². The van der Waals surface area contributed by atoms with Gasteiger partial charge in [-0.1, -0.05) is 13.0 Å².